The summed E-state index contributed by atoms with van der Waals surface area (Å²) in [5, 5.41) is 17.9. The third kappa shape index (κ3) is 3.24. The monoisotopic (exact) mass is 293 g/mol. The van der Waals surface area contributed by atoms with Crippen LogP contribution in [0.25, 0.3) is 0 Å². The Morgan fingerprint density at radius 1 is 1.35 bits per heavy atom. The SMILES string of the molecule is CCCNC(C)c1nnnn1C(c1cccs1)C(C)C. The molecule has 0 bridgehead atoms. The Morgan fingerprint density at radius 2 is 2.15 bits per heavy atom. The molecule has 0 fully saturated rings. The van der Waals surface area contributed by atoms with E-state index in [0.29, 0.717) is 5.92 Å². The molecule has 0 aliphatic rings. The van der Waals surface area contributed by atoms with Crippen LogP contribution in [0.2, 0.25) is 0 Å². The molecule has 2 aromatic rings. The van der Waals surface area contributed by atoms with Gasteiger partial charge in [0.25, 0.3) is 0 Å². The summed E-state index contributed by atoms with van der Waals surface area (Å²) < 4.78 is 1.98. The van der Waals surface area contributed by atoms with Crippen molar-refractivity contribution < 1.29 is 0 Å². The molecule has 0 spiro atoms. The van der Waals surface area contributed by atoms with E-state index in [1.54, 1.807) is 11.3 Å². The van der Waals surface area contributed by atoms with Crippen LogP contribution in [-0.4, -0.2) is 26.8 Å². The molecule has 6 heteroatoms. The van der Waals surface area contributed by atoms with Gasteiger partial charge in [-0.3, -0.25) is 0 Å². The Bertz CT molecular complexity index is 505. The van der Waals surface area contributed by atoms with E-state index in [0.717, 1.165) is 18.8 Å². The van der Waals surface area contributed by atoms with Crippen molar-refractivity contribution in [2.24, 2.45) is 5.92 Å². The molecular formula is C14H23N5S. The first kappa shape index (κ1) is 15.1. The summed E-state index contributed by atoms with van der Waals surface area (Å²) >= 11 is 1.76. The molecule has 0 saturated heterocycles. The molecule has 2 unspecified atom stereocenters. The van der Waals surface area contributed by atoms with Crippen LogP contribution in [0.4, 0.5) is 0 Å². The molecule has 2 atom stereocenters. The third-order valence-corrected chi connectivity index (χ3v) is 4.28. The molecule has 0 amide bonds. The van der Waals surface area contributed by atoms with Gasteiger partial charge < -0.3 is 5.32 Å². The fourth-order valence-corrected chi connectivity index (χ4v) is 3.31. The second kappa shape index (κ2) is 6.95. The van der Waals surface area contributed by atoms with Crippen molar-refractivity contribution in [3.05, 3.63) is 28.2 Å². The van der Waals surface area contributed by atoms with E-state index in [-0.39, 0.29) is 12.1 Å². The molecule has 0 aromatic carbocycles. The first-order valence-corrected chi connectivity index (χ1v) is 8.07. The maximum atomic E-state index is 4.25. The Labute approximate surface area is 124 Å². The van der Waals surface area contributed by atoms with E-state index >= 15 is 0 Å². The number of aromatic nitrogens is 4. The zero-order chi connectivity index (χ0) is 14.5. The summed E-state index contributed by atoms with van der Waals surface area (Å²) in [4.78, 5) is 1.30. The van der Waals surface area contributed by atoms with Crippen molar-refractivity contribution in [1.82, 2.24) is 25.5 Å². The lowest BCUT2D eigenvalue weighted by atomic mass is 10.0. The van der Waals surface area contributed by atoms with Crippen LogP contribution in [-0.2, 0) is 0 Å². The number of hydrogen-bond acceptors (Lipinski definition) is 5. The maximum absolute atomic E-state index is 4.25. The van der Waals surface area contributed by atoms with E-state index in [9.17, 15) is 0 Å². The van der Waals surface area contributed by atoms with Crippen molar-refractivity contribution in [1.29, 1.82) is 0 Å². The van der Waals surface area contributed by atoms with Crippen LogP contribution in [0.5, 0.6) is 0 Å². The predicted octanol–water partition coefficient (Wildman–Crippen LogP) is 3.04. The zero-order valence-electron chi connectivity index (χ0n) is 12.6. The Hall–Kier alpha value is -1.27. The van der Waals surface area contributed by atoms with Crippen molar-refractivity contribution in [2.45, 2.75) is 46.2 Å². The number of hydrogen-bond donors (Lipinski definition) is 1. The van der Waals surface area contributed by atoms with Gasteiger partial charge in [0, 0.05) is 4.88 Å². The first-order valence-electron chi connectivity index (χ1n) is 7.19. The molecule has 0 saturated carbocycles. The van der Waals surface area contributed by atoms with Crippen LogP contribution in [0.15, 0.2) is 17.5 Å². The molecule has 2 rings (SSSR count). The van der Waals surface area contributed by atoms with Crippen LogP contribution in [0, 0.1) is 5.92 Å². The largest absolute Gasteiger partial charge is 0.307 e. The molecule has 0 aliphatic heterocycles. The molecule has 2 heterocycles. The third-order valence-electron chi connectivity index (χ3n) is 3.34. The highest BCUT2D eigenvalue weighted by atomic mass is 32.1. The van der Waals surface area contributed by atoms with E-state index in [2.05, 4.69) is 66.0 Å². The highest BCUT2D eigenvalue weighted by Crippen LogP contribution is 2.30. The Morgan fingerprint density at radius 3 is 2.75 bits per heavy atom. The second-order valence-corrected chi connectivity index (χ2v) is 6.34. The minimum absolute atomic E-state index is 0.158. The second-order valence-electron chi connectivity index (χ2n) is 5.36. The molecule has 110 valence electrons. The summed E-state index contributed by atoms with van der Waals surface area (Å²) in [6.45, 7) is 9.66. The van der Waals surface area contributed by atoms with Gasteiger partial charge in [-0.15, -0.1) is 16.4 Å². The molecule has 2 aromatic heterocycles. The van der Waals surface area contributed by atoms with Crippen LogP contribution >= 0.6 is 11.3 Å². The molecular weight excluding hydrogens is 270 g/mol. The lowest BCUT2D eigenvalue weighted by molar-refractivity contribution is 0.373. The summed E-state index contributed by atoms with van der Waals surface area (Å²) in [5.41, 5.74) is 0. The minimum atomic E-state index is 0.158. The standard InChI is InChI=1S/C14H23N5S/c1-5-8-15-11(4)14-16-17-18-19(14)13(10(2)3)12-7-6-9-20-12/h6-7,9-11,13,15H,5,8H2,1-4H3. The fourth-order valence-electron chi connectivity index (χ4n) is 2.33. The van der Waals surface area contributed by atoms with Gasteiger partial charge in [-0.05, 0) is 47.7 Å². The van der Waals surface area contributed by atoms with Gasteiger partial charge in [-0.25, -0.2) is 4.68 Å². The fraction of sp³-hybridized carbons (Fsp3) is 0.643. The van der Waals surface area contributed by atoms with Crippen molar-refractivity contribution in [2.75, 3.05) is 6.54 Å². The van der Waals surface area contributed by atoms with Crippen molar-refractivity contribution in [3.63, 3.8) is 0 Å². The summed E-state index contributed by atoms with van der Waals surface area (Å²) in [6.07, 6.45) is 1.10. The molecule has 1 N–H and O–H groups in total. The van der Waals surface area contributed by atoms with Crippen molar-refractivity contribution in [3.8, 4) is 0 Å². The summed E-state index contributed by atoms with van der Waals surface area (Å²) in [7, 11) is 0. The van der Waals surface area contributed by atoms with Gasteiger partial charge in [0.05, 0.1) is 12.1 Å². The number of nitrogens with one attached hydrogen (secondary N) is 1. The average Bonchev–Trinajstić information content (AvgIpc) is 3.07. The number of rotatable bonds is 7. The highest BCUT2D eigenvalue weighted by Gasteiger charge is 2.25. The summed E-state index contributed by atoms with van der Waals surface area (Å²) in [6, 6.07) is 4.60. The van der Waals surface area contributed by atoms with Crippen LogP contribution in [0.3, 0.4) is 0 Å². The van der Waals surface area contributed by atoms with Crippen molar-refractivity contribution >= 4 is 11.3 Å². The number of tetrazole rings is 1. The zero-order valence-corrected chi connectivity index (χ0v) is 13.4. The van der Waals surface area contributed by atoms with E-state index in [1.165, 1.54) is 4.88 Å². The summed E-state index contributed by atoms with van der Waals surface area (Å²) in [5.74, 6) is 1.35. The molecule has 20 heavy (non-hydrogen) atoms. The Balaban J connectivity index is 2.29. The van der Waals surface area contributed by atoms with Gasteiger partial charge in [-0.2, -0.15) is 0 Å². The average molecular weight is 293 g/mol. The predicted molar refractivity (Wildman–Crippen MR) is 81.8 cm³/mol. The lowest BCUT2D eigenvalue weighted by Gasteiger charge is -2.22. The van der Waals surface area contributed by atoms with E-state index in [4.69, 9.17) is 0 Å². The van der Waals surface area contributed by atoms with Crippen LogP contribution in [0.1, 0.15) is 56.9 Å². The minimum Gasteiger partial charge on any atom is -0.307 e. The quantitative estimate of drug-likeness (QED) is 0.852. The van der Waals surface area contributed by atoms with Gasteiger partial charge in [0.1, 0.15) is 0 Å². The molecule has 0 radical (unpaired) electrons. The topological polar surface area (TPSA) is 55.6 Å². The number of thiophene rings is 1. The highest BCUT2D eigenvalue weighted by molar-refractivity contribution is 7.10. The smallest absolute Gasteiger partial charge is 0.168 e. The molecule has 5 nitrogen and oxygen atoms in total. The number of nitrogens with zero attached hydrogens (tertiary/aromatic N) is 4. The normalized spacial score (nSPS) is 14.7. The molecule has 0 aliphatic carbocycles. The van der Waals surface area contributed by atoms with Gasteiger partial charge in [-0.1, -0.05) is 26.8 Å². The maximum Gasteiger partial charge on any atom is 0.168 e. The first-order chi connectivity index (χ1) is 9.65. The van der Waals surface area contributed by atoms with Gasteiger partial charge in [0.2, 0.25) is 0 Å². The van der Waals surface area contributed by atoms with Gasteiger partial charge >= 0.3 is 0 Å². The Kier molecular flexibility index (Phi) is 5.25. The van der Waals surface area contributed by atoms with Crippen LogP contribution < -0.4 is 5.32 Å². The van der Waals surface area contributed by atoms with E-state index in [1.807, 2.05) is 4.68 Å². The lowest BCUT2D eigenvalue weighted by Crippen LogP contribution is -2.26. The van der Waals surface area contributed by atoms with E-state index < -0.39 is 0 Å². The van der Waals surface area contributed by atoms with Gasteiger partial charge in [0.15, 0.2) is 5.82 Å².